The van der Waals surface area contributed by atoms with Crippen molar-refractivity contribution >= 4 is 110 Å². The molecule has 0 amide bonds. The number of rotatable bonds is 6. The first-order chi connectivity index (χ1) is 32.4. The zero-order chi connectivity index (χ0) is 46.6. The van der Waals surface area contributed by atoms with Gasteiger partial charge in [-0.25, -0.2) is 0 Å². The molecular weight excluding hydrogens is 712 g/mol. The highest BCUT2D eigenvalue weighted by Crippen LogP contribution is 2.48. The number of anilines is 6. The van der Waals surface area contributed by atoms with E-state index >= 15 is 0 Å². The minimum atomic E-state index is -0.557. The van der Waals surface area contributed by atoms with Crippen molar-refractivity contribution in [2.45, 2.75) is 0 Å². The molecule has 11 rings (SSSR count). The lowest BCUT2D eigenvalue weighted by molar-refractivity contribution is 1.25. The van der Waals surface area contributed by atoms with Gasteiger partial charge in [0.2, 0.25) is 0 Å². The number of halogens is 1. The SMILES string of the molecule is [2H]c1c([2H])c([2H])c(N(c2ccc3c4ccccc4c4ccccc4c3c2)c2cccc(N(c3ccc4c5ccccc5c5ccccc5c4c3)c3c([2H])c([2H])c([2H])c([2H])c3[2H])c2Cl)c([2H])c1[2H]. The predicted molar refractivity (Wildman–Crippen MR) is 246 cm³/mol. The molecule has 0 saturated heterocycles. The summed E-state index contributed by atoms with van der Waals surface area (Å²) in [6.45, 7) is 0. The minimum absolute atomic E-state index is 0.00746. The van der Waals surface area contributed by atoms with Crippen LogP contribution in [-0.4, -0.2) is 0 Å². The quantitative estimate of drug-likeness (QED) is 0.156. The average Bonchev–Trinajstić information content (AvgIpc) is 3.37. The van der Waals surface area contributed by atoms with Gasteiger partial charge in [0.05, 0.1) is 30.1 Å². The van der Waals surface area contributed by atoms with E-state index in [9.17, 15) is 5.48 Å². The number of hydrogen-bond donors (Lipinski definition) is 0. The van der Waals surface area contributed by atoms with E-state index in [0.717, 1.165) is 64.6 Å². The second kappa shape index (κ2) is 13.6. The topological polar surface area (TPSA) is 6.48 Å². The number of para-hydroxylation sites is 2. The highest BCUT2D eigenvalue weighted by molar-refractivity contribution is 6.37. The van der Waals surface area contributed by atoms with Crippen LogP contribution in [0.1, 0.15) is 13.7 Å². The lowest BCUT2D eigenvalue weighted by Crippen LogP contribution is -2.14. The summed E-state index contributed by atoms with van der Waals surface area (Å²) >= 11 is 7.72. The van der Waals surface area contributed by atoms with Crippen LogP contribution in [0.15, 0.2) is 212 Å². The van der Waals surface area contributed by atoms with Crippen molar-refractivity contribution in [3.8, 4) is 0 Å². The van der Waals surface area contributed by atoms with E-state index in [0.29, 0.717) is 11.4 Å². The molecular formula is C54H35ClN2. The summed E-state index contributed by atoms with van der Waals surface area (Å²) in [7, 11) is 0. The van der Waals surface area contributed by atoms with E-state index < -0.39 is 60.4 Å². The molecule has 0 aliphatic rings. The van der Waals surface area contributed by atoms with Gasteiger partial charge in [-0.3, -0.25) is 0 Å². The van der Waals surface area contributed by atoms with Crippen LogP contribution in [0.25, 0.3) is 64.6 Å². The van der Waals surface area contributed by atoms with Gasteiger partial charge in [-0.15, -0.1) is 0 Å². The van der Waals surface area contributed by atoms with Crippen LogP contribution in [0, 0.1) is 0 Å². The Balaban J connectivity index is 1.23. The van der Waals surface area contributed by atoms with Crippen LogP contribution in [0.3, 0.4) is 0 Å². The Morgan fingerprint density at radius 1 is 0.298 bits per heavy atom. The number of fused-ring (bicyclic) bond motifs is 12. The molecule has 57 heavy (non-hydrogen) atoms. The number of nitrogens with zero attached hydrogens (tertiary/aromatic N) is 2. The molecule has 0 radical (unpaired) electrons. The Kier molecular flexibility index (Phi) is 5.80. The summed E-state index contributed by atoms with van der Waals surface area (Å²) < 4.78 is 89.3. The molecule has 0 atom stereocenters. The molecule has 0 aliphatic heterocycles. The number of hydrogen-bond acceptors (Lipinski definition) is 2. The zero-order valence-electron chi connectivity index (χ0n) is 40.2. The summed E-state index contributed by atoms with van der Waals surface area (Å²) in [5.41, 5.74) is 0.960. The van der Waals surface area contributed by atoms with Gasteiger partial charge in [0.1, 0.15) is 0 Å². The first kappa shape index (κ1) is 24.4. The smallest absolute Gasteiger partial charge is 0.0887 e. The Bertz CT molecular complexity index is 3550. The third-order valence-electron chi connectivity index (χ3n) is 10.8. The van der Waals surface area contributed by atoms with E-state index in [1.165, 1.54) is 0 Å². The fraction of sp³-hybridized carbons (Fsp3) is 0. The molecule has 3 heteroatoms. The molecule has 11 aromatic rings. The third-order valence-corrected chi connectivity index (χ3v) is 11.2. The van der Waals surface area contributed by atoms with Gasteiger partial charge in [0.25, 0.3) is 0 Å². The predicted octanol–water partition coefficient (Wildman–Crippen LogP) is 16.2. The van der Waals surface area contributed by atoms with Crippen LogP contribution in [-0.2, 0) is 0 Å². The van der Waals surface area contributed by atoms with E-state index in [4.69, 9.17) is 19.8 Å². The van der Waals surface area contributed by atoms with Gasteiger partial charge in [0, 0.05) is 22.7 Å². The Morgan fingerprint density at radius 3 is 0.930 bits per heavy atom. The maximum atomic E-state index is 9.29. The van der Waals surface area contributed by atoms with Gasteiger partial charge in [-0.05, 0) is 125 Å². The molecule has 0 heterocycles. The molecule has 268 valence electrons. The Labute approximate surface area is 350 Å². The van der Waals surface area contributed by atoms with Crippen LogP contribution >= 0.6 is 11.6 Å². The second-order valence-corrected chi connectivity index (χ2v) is 14.2. The third kappa shape index (κ3) is 5.41. The van der Waals surface area contributed by atoms with Gasteiger partial charge >= 0.3 is 0 Å². The van der Waals surface area contributed by atoms with Crippen LogP contribution in [0.4, 0.5) is 34.1 Å². The van der Waals surface area contributed by atoms with Gasteiger partial charge in [-0.1, -0.05) is 163 Å². The van der Waals surface area contributed by atoms with E-state index in [1.54, 1.807) is 28.0 Å². The maximum absolute atomic E-state index is 9.29. The minimum Gasteiger partial charge on any atom is -0.309 e. The van der Waals surface area contributed by atoms with E-state index in [2.05, 4.69) is 36.4 Å². The first-order valence-electron chi connectivity index (χ1n) is 23.6. The largest absolute Gasteiger partial charge is 0.309 e. The van der Waals surface area contributed by atoms with Crippen molar-refractivity contribution in [3.63, 3.8) is 0 Å². The first-order valence-corrected chi connectivity index (χ1v) is 18.9. The van der Waals surface area contributed by atoms with Crippen molar-refractivity contribution in [2.24, 2.45) is 0 Å². The molecule has 0 bridgehead atoms. The molecule has 0 N–H and O–H groups in total. The molecule has 0 saturated carbocycles. The molecule has 2 nitrogen and oxygen atoms in total. The Hall–Kier alpha value is -7.13. The highest BCUT2D eigenvalue weighted by atomic mass is 35.5. The Morgan fingerprint density at radius 2 is 0.596 bits per heavy atom. The zero-order valence-corrected chi connectivity index (χ0v) is 31.0. The average molecular weight is 757 g/mol. The molecule has 0 aliphatic carbocycles. The lowest BCUT2D eigenvalue weighted by atomic mass is 9.94. The van der Waals surface area contributed by atoms with Crippen LogP contribution in [0.5, 0.6) is 0 Å². The van der Waals surface area contributed by atoms with Crippen molar-refractivity contribution in [3.05, 3.63) is 217 Å². The number of benzene rings is 11. The summed E-state index contributed by atoms with van der Waals surface area (Å²) in [5.74, 6) is 0. The van der Waals surface area contributed by atoms with Crippen molar-refractivity contribution in [1.82, 2.24) is 0 Å². The fourth-order valence-corrected chi connectivity index (χ4v) is 8.71. The molecule has 0 fully saturated rings. The second-order valence-electron chi connectivity index (χ2n) is 13.9. The molecule has 0 spiro atoms. The van der Waals surface area contributed by atoms with Crippen LogP contribution in [0.2, 0.25) is 5.02 Å². The fourth-order valence-electron chi connectivity index (χ4n) is 8.41. The lowest BCUT2D eigenvalue weighted by Gasteiger charge is -2.31. The summed E-state index contributed by atoms with van der Waals surface area (Å²) in [5, 5.41) is 11.7. The molecule has 0 aromatic heterocycles. The summed E-state index contributed by atoms with van der Waals surface area (Å²) in [4.78, 5) is 3.10. The summed E-state index contributed by atoms with van der Waals surface area (Å²) in [6, 6.07) is 43.7. The van der Waals surface area contributed by atoms with Crippen molar-refractivity contribution in [1.29, 1.82) is 0 Å². The monoisotopic (exact) mass is 756 g/mol. The molecule has 0 unspecified atom stereocenters. The van der Waals surface area contributed by atoms with Crippen molar-refractivity contribution < 1.29 is 13.7 Å². The van der Waals surface area contributed by atoms with Gasteiger partial charge in [-0.2, -0.15) is 0 Å². The van der Waals surface area contributed by atoms with Gasteiger partial charge in [0.15, 0.2) is 0 Å². The van der Waals surface area contributed by atoms with E-state index in [1.807, 2.05) is 97.1 Å². The highest BCUT2D eigenvalue weighted by Gasteiger charge is 2.23. The van der Waals surface area contributed by atoms with E-state index in [-0.39, 0.29) is 27.8 Å². The maximum Gasteiger partial charge on any atom is 0.0887 e. The van der Waals surface area contributed by atoms with Crippen LogP contribution < -0.4 is 9.80 Å². The van der Waals surface area contributed by atoms with Crippen molar-refractivity contribution in [2.75, 3.05) is 9.80 Å². The van der Waals surface area contributed by atoms with Gasteiger partial charge < -0.3 is 9.80 Å². The summed E-state index contributed by atoms with van der Waals surface area (Å²) in [6.07, 6.45) is 0. The normalized spacial score (nSPS) is 14.1. The standard InChI is InChI=1S/C54H35ClN2/c55-54-52(56(36-16-3-1-4-17-36)38-30-32-48-44-24-9-7-20-40(44)42-22-11-13-26-46(42)50(48)34-38)28-15-29-53(54)57(37-18-5-2-6-19-37)39-31-33-49-45-25-10-8-21-41(45)43-23-12-14-27-47(43)51(49)35-39/h1-35H/i1D,2D,3D,4D,5D,6D,16D,17D,18D,19D. The molecule has 11 aromatic carbocycles.